The van der Waals surface area contributed by atoms with Crippen molar-refractivity contribution in [2.24, 2.45) is 5.73 Å². The van der Waals surface area contributed by atoms with Gasteiger partial charge in [-0.2, -0.15) is 0 Å². The molecule has 22 heavy (non-hydrogen) atoms. The van der Waals surface area contributed by atoms with Gasteiger partial charge in [-0.1, -0.05) is 18.6 Å². The minimum atomic E-state index is -0.267. The lowest BCUT2D eigenvalue weighted by molar-refractivity contribution is -0.123. The van der Waals surface area contributed by atoms with Crippen molar-refractivity contribution in [3.8, 4) is 0 Å². The molecule has 1 saturated heterocycles. The van der Waals surface area contributed by atoms with Gasteiger partial charge in [-0.3, -0.25) is 9.69 Å². The summed E-state index contributed by atoms with van der Waals surface area (Å²) >= 11 is 0. The molecule has 124 valence electrons. The SMILES string of the molecule is CC(NC(=O)CN1CCCCC1CN)c1ccc(F)cc1.Cl. The van der Waals surface area contributed by atoms with Crippen LogP contribution in [0, 0.1) is 5.82 Å². The number of likely N-dealkylation sites (tertiary alicyclic amines) is 1. The molecular formula is C16H25ClFN3O. The minimum absolute atomic E-state index is 0. The first-order valence-corrected chi connectivity index (χ1v) is 7.59. The van der Waals surface area contributed by atoms with E-state index in [-0.39, 0.29) is 30.2 Å². The van der Waals surface area contributed by atoms with E-state index in [1.807, 2.05) is 6.92 Å². The molecule has 1 amide bonds. The Labute approximate surface area is 137 Å². The largest absolute Gasteiger partial charge is 0.348 e. The molecule has 2 unspecified atom stereocenters. The summed E-state index contributed by atoms with van der Waals surface area (Å²) in [5.41, 5.74) is 6.67. The molecule has 0 aromatic heterocycles. The fraction of sp³-hybridized carbons (Fsp3) is 0.562. The number of hydrogen-bond donors (Lipinski definition) is 2. The van der Waals surface area contributed by atoms with Gasteiger partial charge in [0.1, 0.15) is 5.82 Å². The second kappa shape index (κ2) is 9.08. The molecule has 0 aliphatic carbocycles. The lowest BCUT2D eigenvalue weighted by Crippen LogP contribution is -2.48. The zero-order valence-corrected chi connectivity index (χ0v) is 13.7. The van der Waals surface area contributed by atoms with E-state index in [1.54, 1.807) is 12.1 Å². The Morgan fingerprint density at radius 1 is 1.41 bits per heavy atom. The number of carbonyl (C=O) groups excluding carboxylic acids is 1. The highest BCUT2D eigenvalue weighted by molar-refractivity contribution is 5.85. The van der Waals surface area contributed by atoms with Gasteiger partial charge in [0, 0.05) is 12.6 Å². The summed E-state index contributed by atoms with van der Waals surface area (Å²) in [6.45, 7) is 3.82. The first kappa shape index (κ1) is 18.9. The van der Waals surface area contributed by atoms with Gasteiger partial charge in [-0.15, -0.1) is 12.4 Å². The molecule has 2 atom stereocenters. The van der Waals surface area contributed by atoms with Gasteiger partial charge in [0.25, 0.3) is 0 Å². The lowest BCUT2D eigenvalue weighted by Gasteiger charge is -2.34. The van der Waals surface area contributed by atoms with Crippen molar-refractivity contribution in [3.63, 3.8) is 0 Å². The third kappa shape index (κ3) is 5.23. The van der Waals surface area contributed by atoms with Crippen LogP contribution in [0.5, 0.6) is 0 Å². The smallest absolute Gasteiger partial charge is 0.234 e. The number of benzene rings is 1. The van der Waals surface area contributed by atoms with E-state index in [2.05, 4.69) is 10.2 Å². The molecule has 0 bridgehead atoms. The predicted octanol–water partition coefficient (Wildman–Crippen LogP) is 2.24. The van der Waals surface area contributed by atoms with E-state index in [1.165, 1.54) is 18.6 Å². The Bertz CT molecular complexity index is 469. The summed E-state index contributed by atoms with van der Waals surface area (Å²) in [7, 11) is 0. The van der Waals surface area contributed by atoms with E-state index < -0.39 is 0 Å². The maximum Gasteiger partial charge on any atom is 0.234 e. The third-order valence-electron chi connectivity index (χ3n) is 4.12. The van der Waals surface area contributed by atoms with Crippen LogP contribution in [0.1, 0.15) is 37.8 Å². The maximum absolute atomic E-state index is 12.9. The molecule has 0 radical (unpaired) electrons. The highest BCUT2D eigenvalue weighted by Gasteiger charge is 2.23. The van der Waals surface area contributed by atoms with Crippen molar-refractivity contribution in [1.82, 2.24) is 10.2 Å². The van der Waals surface area contributed by atoms with Crippen LogP contribution in [0.4, 0.5) is 4.39 Å². The number of rotatable bonds is 5. The second-order valence-corrected chi connectivity index (χ2v) is 5.70. The summed E-state index contributed by atoms with van der Waals surface area (Å²) in [6, 6.07) is 6.40. The number of nitrogens with one attached hydrogen (secondary N) is 1. The predicted molar refractivity (Wildman–Crippen MR) is 88.5 cm³/mol. The Hall–Kier alpha value is -1.17. The van der Waals surface area contributed by atoms with Crippen LogP contribution >= 0.6 is 12.4 Å². The molecule has 3 N–H and O–H groups in total. The first-order valence-electron chi connectivity index (χ1n) is 7.59. The van der Waals surface area contributed by atoms with Gasteiger partial charge < -0.3 is 11.1 Å². The zero-order chi connectivity index (χ0) is 15.2. The van der Waals surface area contributed by atoms with Crippen molar-refractivity contribution in [2.75, 3.05) is 19.6 Å². The molecule has 1 fully saturated rings. The lowest BCUT2D eigenvalue weighted by atomic mass is 10.0. The standard InChI is InChI=1S/C16H24FN3O.ClH/c1-12(13-5-7-14(17)8-6-13)19-16(21)11-20-9-3-2-4-15(20)10-18;/h5-8,12,15H,2-4,9-11,18H2,1H3,(H,19,21);1H. The van der Waals surface area contributed by atoms with Crippen molar-refractivity contribution in [3.05, 3.63) is 35.6 Å². The summed E-state index contributed by atoms with van der Waals surface area (Å²) < 4.78 is 12.9. The molecular weight excluding hydrogens is 305 g/mol. The van der Waals surface area contributed by atoms with Crippen LogP contribution in [-0.4, -0.2) is 36.5 Å². The van der Waals surface area contributed by atoms with Crippen molar-refractivity contribution in [2.45, 2.75) is 38.3 Å². The zero-order valence-electron chi connectivity index (χ0n) is 12.9. The summed E-state index contributed by atoms with van der Waals surface area (Å²) in [5, 5.41) is 2.96. The summed E-state index contributed by atoms with van der Waals surface area (Å²) in [5.74, 6) is -0.274. The third-order valence-corrected chi connectivity index (χ3v) is 4.12. The molecule has 1 aliphatic heterocycles. The quantitative estimate of drug-likeness (QED) is 0.871. The van der Waals surface area contributed by atoms with E-state index in [0.717, 1.165) is 24.9 Å². The Morgan fingerprint density at radius 2 is 2.09 bits per heavy atom. The first-order chi connectivity index (χ1) is 10.1. The monoisotopic (exact) mass is 329 g/mol. The molecule has 1 aliphatic rings. The van der Waals surface area contributed by atoms with Gasteiger partial charge in [0.05, 0.1) is 12.6 Å². The van der Waals surface area contributed by atoms with E-state index in [4.69, 9.17) is 5.73 Å². The van der Waals surface area contributed by atoms with Gasteiger partial charge in [0.2, 0.25) is 5.91 Å². The molecule has 2 rings (SSSR count). The fourth-order valence-corrected chi connectivity index (χ4v) is 2.84. The average molecular weight is 330 g/mol. The fourth-order valence-electron chi connectivity index (χ4n) is 2.84. The van der Waals surface area contributed by atoms with Gasteiger partial charge in [0.15, 0.2) is 0 Å². The molecule has 0 saturated carbocycles. The molecule has 0 spiro atoms. The van der Waals surface area contributed by atoms with E-state index in [9.17, 15) is 9.18 Å². The molecule has 1 aromatic carbocycles. The number of piperidine rings is 1. The minimum Gasteiger partial charge on any atom is -0.348 e. The number of hydrogen-bond acceptors (Lipinski definition) is 3. The van der Waals surface area contributed by atoms with Crippen LogP contribution in [-0.2, 0) is 4.79 Å². The number of nitrogens with zero attached hydrogens (tertiary/aromatic N) is 1. The number of nitrogens with two attached hydrogens (primary N) is 1. The van der Waals surface area contributed by atoms with Crippen LogP contribution in [0.2, 0.25) is 0 Å². The average Bonchev–Trinajstić information content (AvgIpc) is 2.48. The molecule has 6 heteroatoms. The molecule has 4 nitrogen and oxygen atoms in total. The Balaban J connectivity index is 0.00000242. The van der Waals surface area contributed by atoms with Crippen LogP contribution in [0.25, 0.3) is 0 Å². The number of carbonyl (C=O) groups is 1. The van der Waals surface area contributed by atoms with Crippen molar-refractivity contribution in [1.29, 1.82) is 0 Å². The Morgan fingerprint density at radius 3 is 2.73 bits per heavy atom. The highest BCUT2D eigenvalue weighted by Crippen LogP contribution is 2.16. The topological polar surface area (TPSA) is 58.4 Å². The van der Waals surface area contributed by atoms with Crippen LogP contribution in [0.3, 0.4) is 0 Å². The maximum atomic E-state index is 12.9. The Kier molecular flexibility index (Phi) is 7.79. The second-order valence-electron chi connectivity index (χ2n) is 5.70. The van der Waals surface area contributed by atoms with Gasteiger partial charge in [-0.05, 0) is 44.0 Å². The van der Waals surface area contributed by atoms with Crippen molar-refractivity contribution >= 4 is 18.3 Å². The van der Waals surface area contributed by atoms with Gasteiger partial charge >= 0.3 is 0 Å². The van der Waals surface area contributed by atoms with E-state index in [0.29, 0.717) is 19.1 Å². The molecule has 1 aromatic rings. The van der Waals surface area contributed by atoms with E-state index >= 15 is 0 Å². The normalized spacial score (nSPS) is 20.0. The van der Waals surface area contributed by atoms with Crippen LogP contribution in [0.15, 0.2) is 24.3 Å². The van der Waals surface area contributed by atoms with Gasteiger partial charge in [-0.25, -0.2) is 4.39 Å². The molecule has 1 heterocycles. The van der Waals surface area contributed by atoms with Crippen LogP contribution < -0.4 is 11.1 Å². The number of halogens is 2. The highest BCUT2D eigenvalue weighted by atomic mass is 35.5. The summed E-state index contributed by atoms with van der Waals surface area (Å²) in [4.78, 5) is 14.3. The summed E-state index contributed by atoms with van der Waals surface area (Å²) in [6.07, 6.45) is 3.38. The van der Waals surface area contributed by atoms with Crippen molar-refractivity contribution < 1.29 is 9.18 Å². The number of amides is 1.